The molecule has 160 valence electrons. The van der Waals surface area contributed by atoms with E-state index in [0.29, 0.717) is 5.56 Å². The lowest BCUT2D eigenvalue weighted by Crippen LogP contribution is -2.32. The summed E-state index contributed by atoms with van der Waals surface area (Å²) in [5, 5.41) is 6.79. The SMILES string of the molecule is CNc1nc([C@@H]2CCCN2)nc2c1CCN(Cc1ccccc1-c1ccccc1F)C2. The minimum Gasteiger partial charge on any atom is -0.373 e. The molecule has 1 aromatic heterocycles. The van der Waals surface area contributed by atoms with Crippen molar-refractivity contribution in [1.29, 1.82) is 0 Å². The van der Waals surface area contributed by atoms with Gasteiger partial charge in [-0.1, -0.05) is 42.5 Å². The van der Waals surface area contributed by atoms with Crippen LogP contribution in [0.2, 0.25) is 0 Å². The Morgan fingerprint density at radius 3 is 2.68 bits per heavy atom. The van der Waals surface area contributed by atoms with Crippen LogP contribution in [0.3, 0.4) is 0 Å². The monoisotopic (exact) mass is 417 g/mol. The van der Waals surface area contributed by atoms with Crippen LogP contribution in [0.5, 0.6) is 0 Å². The second-order valence-electron chi connectivity index (χ2n) is 8.35. The maximum absolute atomic E-state index is 14.5. The third-order valence-electron chi connectivity index (χ3n) is 6.35. The smallest absolute Gasteiger partial charge is 0.147 e. The lowest BCUT2D eigenvalue weighted by molar-refractivity contribution is 0.241. The lowest BCUT2D eigenvalue weighted by Gasteiger charge is -2.30. The minimum atomic E-state index is -0.181. The fourth-order valence-corrected chi connectivity index (χ4v) is 4.75. The fourth-order valence-electron chi connectivity index (χ4n) is 4.75. The van der Waals surface area contributed by atoms with Gasteiger partial charge in [-0.05, 0) is 43.0 Å². The first-order valence-electron chi connectivity index (χ1n) is 11.1. The Labute approximate surface area is 182 Å². The Hall–Kier alpha value is -2.83. The van der Waals surface area contributed by atoms with Crippen molar-refractivity contribution in [2.45, 2.75) is 38.4 Å². The third-order valence-corrected chi connectivity index (χ3v) is 6.35. The maximum Gasteiger partial charge on any atom is 0.147 e. The second-order valence-corrected chi connectivity index (χ2v) is 8.35. The Bertz CT molecular complexity index is 1080. The summed E-state index contributed by atoms with van der Waals surface area (Å²) in [5.41, 5.74) is 5.09. The van der Waals surface area contributed by atoms with Gasteiger partial charge >= 0.3 is 0 Å². The van der Waals surface area contributed by atoms with Crippen molar-refractivity contribution in [2.24, 2.45) is 0 Å². The number of fused-ring (bicyclic) bond motifs is 1. The summed E-state index contributed by atoms with van der Waals surface area (Å²) < 4.78 is 14.5. The number of nitrogens with one attached hydrogen (secondary N) is 2. The Balaban J connectivity index is 1.42. The first-order chi connectivity index (χ1) is 15.2. The van der Waals surface area contributed by atoms with Crippen molar-refractivity contribution in [3.63, 3.8) is 0 Å². The van der Waals surface area contributed by atoms with Gasteiger partial charge in [0.25, 0.3) is 0 Å². The molecule has 0 bridgehead atoms. The van der Waals surface area contributed by atoms with Crippen LogP contribution in [0.25, 0.3) is 11.1 Å². The van der Waals surface area contributed by atoms with E-state index in [9.17, 15) is 4.39 Å². The Morgan fingerprint density at radius 2 is 1.90 bits per heavy atom. The minimum absolute atomic E-state index is 0.181. The van der Waals surface area contributed by atoms with E-state index >= 15 is 0 Å². The number of aromatic nitrogens is 2. The first-order valence-corrected chi connectivity index (χ1v) is 11.1. The molecule has 2 N–H and O–H groups in total. The van der Waals surface area contributed by atoms with Gasteiger partial charge in [-0.2, -0.15) is 0 Å². The largest absolute Gasteiger partial charge is 0.373 e. The van der Waals surface area contributed by atoms with Gasteiger partial charge in [-0.3, -0.25) is 4.90 Å². The zero-order chi connectivity index (χ0) is 21.2. The molecule has 6 heteroatoms. The van der Waals surface area contributed by atoms with Crippen molar-refractivity contribution in [2.75, 3.05) is 25.5 Å². The third kappa shape index (κ3) is 4.05. The molecule has 3 heterocycles. The van der Waals surface area contributed by atoms with Crippen molar-refractivity contribution in [3.05, 3.63) is 77.0 Å². The number of rotatable bonds is 5. The zero-order valence-corrected chi connectivity index (χ0v) is 17.9. The highest BCUT2D eigenvalue weighted by molar-refractivity contribution is 5.67. The maximum atomic E-state index is 14.5. The molecule has 0 aliphatic carbocycles. The van der Waals surface area contributed by atoms with E-state index in [1.54, 1.807) is 6.07 Å². The predicted octanol–water partition coefficient (Wildman–Crippen LogP) is 4.31. The van der Waals surface area contributed by atoms with Crippen molar-refractivity contribution in [1.82, 2.24) is 20.2 Å². The van der Waals surface area contributed by atoms with Gasteiger partial charge < -0.3 is 10.6 Å². The summed E-state index contributed by atoms with van der Waals surface area (Å²) in [5.74, 6) is 1.67. The van der Waals surface area contributed by atoms with E-state index in [4.69, 9.17) is 9.97 Å². The number of halogens is 1. The molecule has 0 radical (unpaired) electrons. The molecule has 2 aliphatic rings. The van der Waals surface area contributed by atoms with E-state index < -0.39 is 0 Å². The molecule has 5 nitrogen and oxygen atoms in total. The number of hydrogen-bond acceptors (Lipinski definition) is 5. The normalized spacial score (nSPS) is 18.7. The highest BCUT2D eigenvalue weighted by Crippen LogP contribution is 2.31. The van der Waals surface area contributed by atoms with Gasteiger partial charge in [0.05, 0.1) is 11.7 Å². The fraction of sp³-hybridized carbons (Fsp3) is 0.360. The summed E-state index contributed by atoms with van der Waals surface area (Å²) in [6.45, 7) is 3.49. The summed E-state index contributed by atoms with van der Waals surface area (Å²) in [7, 11) is 1.94. The van der Waals surface area contributed by atoms with Gasteiger partial charge in [0.2, 0.25) is 0 Å². The quantitative estimate of drug-likeness (QED) is 0.648. The van der Waals surface area contributed by atoms with Gasteiger partial charge in [-0.25, -0.2) is 14.4 Å². The number of hydrogen-bond donors (Lipinski definition) is 2. The molecular formula is C25H28FN5. The van der Waals surface area contributed by atoms with E-state index in [0.717, 1.165) is 67.5 Å². The topological polar surface area (TPSA) is 53.1 Å². The molecule has 1 atom stereocenters. The van der Waals surface area contributed by atoms with Crippen LogP contribution in [0, 0.1) is 5.82 Å². The van der Waals surface area contributed by atoms with Gasteiger partial charge in [0.1, 0.15) is 17.5 Å². The van der Waals surface area contributed by atoms with E-state index in [1.807, 2.05) is 37.4 Å². The number of benzene rings is 2. The van der Waals surface area contributed by atoms with Gasteiger partial charge in [0.15, 0.2) is 0 Å². The summed E-state index contributed by atoms with van der Waals surface area (Å²) in [6.07, 6.45) is 3.16. The molecule has 31 heavy (non-hydrogen) atoms. The van der Waals surface area contributed by atoms with Crippen molar-refractivity contribution < 1.29 is 4.39 Å². The lowest BCUT2D eigenvalue weighted by atomic mass is 9.97. The summed E-state index contributed by atoms with van der Waals surface area (Å²) in [4.78, 5) is 12.2. The molecule has 2 aliphatic heterocycles. The van der Waals surface area contributed by atoms with Crippen LogP contribution in [0.1, 0.15) is 41.5 Å². The predicted molar refractivity (Wildman–Crippen MR) is 121 cm³/mol. The van der Waals surface area contributed by atoms with Crippen LogP contribution in [-0.4, -0.2) is 35.0 Å². The van der Waals surface area contributed by atoms with Crippen molar-refractivity contribution >= 4 is 5.82 Å². The standard InChI is InChI=1S/C25H28FN5/c1-27-24-20-12-14-31(16-23(20)29-25(30-24)22-11-6-13-28-22)15-17-7-2-3-8-18(17)19-9-4-5-10-21(19)26/h2-5,7-10,22,28H,6,11-16H2,1H3,(H,27,29,30)/t22-/m0/s1. The first kappa shape index (κ1) is 20.1. The summed E-state index contributed by atoms with van der Waals surface area (Å²) in [6, 6.07) is 15.4. The number of nitrogens with zero attached hydrogens (tertiary/aromatic N) is 3. The average molecular weight is 418 g/mol. The molecule has 2 aromatic carbocycles. The molecule has 0 unspecified atom stereocenters. The number of anilines is 1. The van der Waals surface area contributed by atoms with E-state index in [-0.39, 0.29) is 11.9 Å². The second kappa shape index (κ2) is 8.73. The molecule has 0 saturated carbocycles. The molecular weight excluding hydrogens is 389 g/mol. The Kier molecular flexibility index (Phi) is 5.66. The zero-order valence-electron chi connectivity index (χ0n) is 17.9. The Morgan fingerprint density at radius 1 is 1.10 bits per heavy atom. The van der Waals surface area contributed by atoms with Crippen LogP contribution in [0.15, 0.2) is 48.5 Å². The van der Waals surface area contributed by atoms with Crippen molar-refractivity contribution in [3.8, 4) is 11.1 Å². The molecule has 5 rings (SSSR count). The van der Waals surface area contributed by atoms with Crippen LogP contribution in [0.4, 0.5) is 10.2 Å². The molecule has 0 amide bonds. The molecule has 1 fully saturated rings. The van der Waals surface area contributed by atoms with E-state index in [1.165, 1.54) is 18.1 Å². The highest BCUT2D eigenvalue weighted by atomic mass is 19.1. The molecule has 1 saturated heterocycles. The van der Waals surface area contributed by atoms with Crippen LogP contribution in [-0.2, 0) is 19.5 Å². The van der Waals surface area contributed by atoms with Crippen LogP contribution < -0.4 is 10.6 Å². The average Bonchev–Trinajstić information content (AvgIpc) is 3.34. The molecule has 3 aromatic rings. The highest BCUT2D eigenvalue weighted by Gasteiger charge is 2.26. The summed E-state index contributed by atoms with van der Waals surface area (Å²) >= 11 is 0. The van der Waals surface area contributed by atoms with Crippen LogP contribution >= 0.6 is 0 Å². The molecule has 0 spiro atoms. The van der Waals surface area contributed by atoms with Gasteiger partial charge in [-0.15, -0.1) is 0 Å². The van der Waals surface area contributed by atoms with Gasteiger partial charge in [0, 0.05) is 37.8 Å². The van der Waals surface area contributed by atoms with E-state index in [2.05, 4.69) is 21.6 Å².